The maximum Gasteiger partial charge on any atom is 0.258 e. The van der Waals surface area contributed by atoms with Crippen molar-refractivity contribution in [1.82, 2.24) is 9.80 Å². The average molecular weight is 622 g/mol. The van der Waals surface area contributed by atoms with E-state index in [1.807, 2.05) is 39.0 Å². The van der Waals surface area contributed by atoms with Crippen LogP contribution in [0.4, 0.5) is 5.69 Å². The molecule has 4 atom stereocenters. The van der Waals surface area contributed by atoms with Gasteiger partial charge in [0.2, 0.25) is 5.91 Å². The van der Waals surface area contributed by atoms with E-state index >= 15 is 0 Å². The number of benzene rings is 2. The number of carbonyl (C=O) groups excluding carboxylic acids is 3. The molecule has 0 aromatic heterocycles. The number of carbonyl (C=O) groups is 3. The number of hydrogen-bond acceptors (Lipinski definition) is 6. The largest absolute Gasteiger partial charge is 0.490 e. The fourth-order valence-corrected chi connectivity index (χ4v) is 6.23. The molecule has 2 aromatic carbocycles. The Morgan fingerprint density at radius 1 is 1.02 bits per heavy atom. The van der Waals surface area contributed by atoms with Crippen LogP contribution in [0, 0.1) is 11.8 Å². The third-order valence-electron chi connectivity index (χ3n) is 9.12. The SMILES string of the molecule is C[C@@H]1CCCCO[C@@H](CN(C)C(=O)c2ccccc2)[C@H](C)CN([C@H](C)CO)C(=O)c2cc(NC(=O)C3CCCCC3)ccc2O1. The lowest BCUT2D eigenvalue weighted by Crippen LogP contribution is -2.48. The predicted octanol–water partition coefficient (Wildman–Crippen LogP) is 5.77. The number of fused-ring (bicyclic) bond motifs is 1. The number of nitrogens with one attached hydrogen (secondary N) is 1. The zero-order chi connectivity index (χ0) is 32.3. The Morgan fingerprint density at radius 2 is 1.73 bits per heavy atom. The molecule has 2 aromatic rings. The lowest BCUT2D eigenvalue weighted by atomic mass is 9.88. The maximum absolute atomic E-state index is 14.3. The van der Waals surface area contributed by atoms with Crippen molar-refractivity contribution >= 4 is 23.4 Å². The molecule has 0 radical (unpaired) electrons. The monoisotopic (exact) mass is 621 g/mol. The number of aliphatic hydroxyl groups is 1. The van der Waals surface area contributed by atoms with Gasteiger partial charge >= 0.3 is 0 Å². The van der Waals surface area contributed by atoms with Gasteiger partial charge in [-0.05, 0) is 76.3 Å². The van der Waals surface area contributed by atoms with Crippen molar-refractivity contribution in [1.29, 1.82) is 0 Å². The lowest BCUT2D eigenvalue weighted by molar-refractivity contribution is -0.120. The van der Waals surface area contributed by atoms with E-state index in [9.17, 15) is 19.5 Å². The van der Waals surface area contributed by atoms with Crippen LogP contribution < -0.4 is 10.1 Å². The normalized spacial score (nSPS) is 22.8. The van der Waals surface area contributed by atoms with Crippen molar-refractivity contribution in [2.24, 2.45) is 11.8 Å². The van der Waals surface area contributed by atoms with Crippen molar-refractivity contribution in [2.75, 3.05) is 38.7 Å². The van der Waals surface area contributed by atoms with Crippen LogP contribution in [0.3, 0.4) is 0 Å². The molecular formula is C36H51N3O6. The Balaban J connectivity index is 1.61. The molecule has 1 aliphatic carbocycles. The van der Waals surface area contributed by atoms with Crippen molar-refractivity contribution in [3.8, 4) is 5.75 Å². The molecule has 246 valence electrons. The summed E-state index contributed by atoms with van der Waals surface area (Å²) in [5.41, 5.74) is 1.51. The smallest absolute Gasteiger partial charge is 0.258 e. The summed E-state index contributed by atoms with van der Waals surface area (Å²) in [6.45, 7) is 6.78. The highest BCUT2D eigenvalue weighted by atomic mass is 16.5. The van der Waals surface area contributed by atoms with Crippen molar-refractivity contribution in [2.45, 2.75) is 90.4 Å². The standard InChI is InChI=1S/C36H51N3O6/c1-25-22-39(26(2)24-40)36(43)31-21-30(37-34(41)28-14-7-5-8-15-28)18-19-32(31)45-27(3)13-11-12-20-44-33(25)23-38(4)35(42)29-16-9-6-10-17-29/h6,9-10,16-19,21,25-28,33,40H,5,7-8,11-15,20,22-24H2,1-4H3,(H,37,41)/t25-,26-,27-,33+/m1/s1. The van der Waals surface area contributed by atoms with Gasteiger partial charge in [-0.15, -0.1) is 0 Å². The summed E-state index contributed by atoms with van der Waals surface area (Å²) in [6, 6.07) is 14.0. The van der Waals surface area contributed by atoms with Crippen LogP contribution in [0.15, 0.2) is 48.5 Å². The first-order chi connectivity index (χ1) is 21.7. The van der Waals surface area contributed by atoms with E-state index in [0.29, 0.717) is 42.3 Å². The first kappa shape index (κ1) is 34.4. The Kier molecular flexibility index (Phi) is 12.8. The second-order valence-corrected chi connectivity index (χ2v) is 12.9. The maximum atomic E-state index is 14.3. The van der Waals surface area contributed by atoms with E-state index < -0.39 is 6.04 Å². The second kappa shape index (κ2) is 16.8. The number of likely N-dealkylation sites (N-methyl/N-ethyl adjacent to an activating group) is 1. The summed E-state index contributed by atoms with van der Waals surface area (Å²) in [7, 11) is 1.77. The molecule has 4 rings (SSSR count). The molecule has 1 saturated carbocycles. The van der Waals surface area contributed by atoms with Gasteiger partial charge in [0, 0.05) is 49.8 Å². The molecule has 1 heterocycles. The molecule has 45 heavy (non-hydrogen) atoms. The van der Waals surface area contributed by atoms with Gasteiger partial charge in [-0.2, -0.15) is 0 Å². The molecule has 2 aliphatic rings. The van der Waals surface area contributed by atoms with Crippen LogP contribution >= 0.6 is 0 Å². The molecule has 0 saturated heterocycles. The minimum absolute atomic E-state index is 0.0133. The summed E-state index contributed by atoms with van der Waals surface area (Å²) < 4.78 is 12.7. The number of hydrogen-bond donors (Lipinski definition) is 2. The molecule has 1 aliphatic heterocycles. The van der Waals surface area contributed by atoms with Crippen molar-refractivity contribution in [3.05, 3.63) is 59.7 Å². The Morgan fingerprint density at radius 3 is 2.44 bits per heavy atom. The van der Waals surface area contributed by atoms with E-state index in [2.05, 4.69) is 5.32 Å². The topological polar surface area (TPSA) is 108 Å². The Hall–Kier alpha value is -3.43. The van der Waals surface area contributed by atoms with Gasteiger partial charge in [0.1, 0.15) is 5.75 Å². The number of nitrogens with zero attached hydrogens (tertiary/aromatic N) is 2. The third kappa shape index (κ3) is 9.53. The summed E-state index contributed by atoms with van der Waals surface area (Å²) in [6.07, 6.45) is 7.05. The van der Waals surface area contributed by atoms with Gasteiger partial charge in [-0.3, -0.25) is 14.4 Å². The highest BCUT2D eigenvalue weighted by Gasteiger charge is 2.31. The molecular weight excluding hydrogens is 570 g/mol. The quantitative estimate of drug-likeness (QED) is 0.406. The van der Waals surface area contributed by atoms with Gasteiger partial charge in [0.05, 0.1) is 30.4 Å². The van der Waals surface area contributed by atoms with E-state index in [1.54, 1.807) is 47.2 Å². The fourth-order valence-electron chi connectivity index (χ4n) is 6.23. The highest BCUT2D eigenvalue weighted by molar-refractivity contribution is 6.00. The van der Waals surface area contributed by atoms with Crippen molar-refractivity contribution < 1.29 is 29.0 Å². The van der Waals surface area contributed by atoms with Crippen LogP contribution in [0.2, 0.25) is 0 Å². The van der Waals surface area contributed by atoms with Gasteiger partial charge in [0.15, 0.2) is 0 Å². The van der Waals surface area contributed by atoms with Crippen LogP contribution in [0.25, 0.3) is 0 Å². The highest BCUT2D eigenvalue weighted by Crippen LogP contribution is 2.30. The zero-order valence-corrected chi connectivity index (χ0v) is 27.4. The summed E-state index contributed by atoms with van der Waals surface area (Å²) in [5, 5.41) is 13.3. The van der Waals surface area contributed by atoms with Crippen LogP contribution in [0.1, 0.15) is 92.9 Å². The first-order valence-corrected chi connectivity index (χ1v) is 16.6. The van der Waals surface area contributed by atoms with Gasteiger partial charge in [-0.25, -0.2) is 0 Å². The molecule has 2 N–H and O–H groups in total. The first-order valence-electron chi connectivity index (χ1n) is 16.6. The van der Waals surface area contributed by atoms with E-state index in [-0.39, 0.29) is 48.4 Å². The van der Waals surface area contributed by atoms with E-state index in [4.69, 9.17) is 9.47 Å². The minimum Gasteiger partial charge on any atom is -0.490 e. The molecule has 0 spiro atoms. The molecule has 9 heteroatoms. The number of ether oxygens (including phenoxy) is 2. The Labute approximate surface area is 268 Å². The molecule has 0 bridgehead atoms. The minimum atomic E-state index is -0.483. The van der Waals surface area contributed by atoms with Gasteiger partial charge < -0.3 is 29.7 Å². The van der Waals surface area contributed by atoms with Crippen molar-refractivity contribution in [3.63, 3.8) is 0 Å². The summed E-state index contributed by atoms with van der Waals surface area (Å²) in [5.74, 6) is -0.108. The lowest BCUT2D eigenvalue weighted by Gasteiger charge is -2.36. The third-order valence-corrected chi connectivity index (χ3v) is 9.12. The zero-order valence-electron chi connectivity index (χ0n) is 27.4. The number of rotatable bonds is 7. The van der Waals surface area contributed by atoms with Crippen LogP contribution in [-0.4, -0.2) is 84.2 Å². The van der Waals surface area contributed by atoms with Gasteiger partial charge in [-0.1, -0.05) is 44.4 Å². The van der Waals surface area contributed by atoms with E-state index in [0.717, 1.165) is 51.4 Å². The molecule has 9 nitrogen and oxygen atoms in total. The average Bonchev–Trinajstić information content (AvgIpc) is 3.06. The second-order valence-electron chi connectivity index (χ2n) is 12.9. The number of amides is 3. The molecule has 0 unspecified atom stereocenters. The fraction of sp³-hybridized carbons (Fsp3) is 0.583. The van der Waals surface area contributed by atoms with Crippen LogP contribution in [-0.2, 0) is 9.53 Å². The number of anilines is 1. The Bertz CT molecular complexity index is 1260. The predicted molar refractivity (Wildman–Crippen MR) is 175 cm³/mol. The van der Waals surface area contributed by atoms with E-state index in [1.165, 1.54) is 0 Å². The number of aliphatic hydroxyl groups excluding tert-OH is 1. The van der Waals surface area contributed by atoms with Gasteiger partial charge in [0.25, 0.3) is 11.8 Å². The molecule has 1 fully saturated rings. The summed E-state index contributed by atoms with van der Waals surface area (Å²) in [4.78, 5) is 43.9. The molecule has 3 amide bonds. The van der Waals surface area contributed by atoms with Crippen LogP contribution in [0.5, 0.6) is 5.75 Å². The summed E-state index contributed by atoms with van der Waals surface area (Å²) >= 11 is 0.